The Hall–Kier alpha value is -1.90. The Kier molecular flexibility index (Phi) is 4.07. The molecule has 2 rings (SSSR count). The van der Waals surface area contributed by atoms with Crippen molar-refractivity contribution in [2.45, 2.75) is 0 Å². The Labute approximate surface area is 127 Å². The van der Waals surface area contributed by atoms with E-state index >= 15 is 0 Å². The van der Waals surface area contributed by atoms with Gasteiger partial charge in [0.1, 0.15) is 11.3 Å². The zero-order valence-corrected chi connectivity index (χ0v) is 12.8. The summed E-state index contributed by atoms with van der Waals surface area (Å²) >= 11 is 2.05. The molecule has 6 nitrogen and oxygen atoms in total. The lowest BCUT2D eigenvalue weighted by molar-refractivity contribution is 0.0549. The average Bonchev–Trinajstić information content (AvgIpc) is 2.46. The van der Waals surface area contributed by atoms with Gasteiger partial charge in [0.25, 0.3) is 0 Å². The van der Waals surface area contributed by atoms with Crippen LogP contribution in [0.3, 0.4) is 0 Å². The molecular formula is C13H10INO5. The van der Waals surface area contributed by atoms with Crippen molar-refractivity contribution in [1.29, 1.82) is 0 Å². The first-order valence-corrected chi connectivity index (χ1v) is 6.59. The number of hydrogen-bond acceptors (Lipinski definition) is 5. The van der Waals surface area contributed by atoms with Gasteiger partial charge in [-0.05, 0) is 40.8 Å². The monoisotopic (exact) mass is 387 g/mol. The maximum Gasteiger partial charge on any atom is 0.355 e. The van der Waals surface area contributed by atoms with Crippen LogP contribution in [-0.4, -0.2) is 31.1 Å². The summed E-state index contributed by atoms with van der Waals surface area (Å²) in [4.78, 5) is 38.6. The molecule has 1 aromatic carbocycles. The molecule has 0 unspecified atom stereocenters. The molecule has 7 heteroatoms. The van der Waals surface area contributed by atoms with Gasteiger partial charge in [0.15, 0.2) is 0 Å². The number of aromatic nitrogens is 1. The predicted molar refractivity (Wildman–Crippen MR) is 80.0 cm³/mol. The highest BCUT2D eigenvalue weighted by atomic mass is 127. The first kappa shape index (κ1) is 14.5. The first-order valence-electron chi connectivity index (χ1n) is 5.51. The lowest BCUT2D eigenvalue weighted by Gasteiger charge is -2.08. The Morgan fingerprint density at radius 3 is 2.40 bits per heavy atom. The Balaban J connectivity index is 2.91. The van der Waals surface area contributed by atoms with Crippen LogP contribution in [0.15, 0.2) is 23.0 Å². The largest absolute Gasteiger partial charge is 0.465 e. The van der Waals surface area contributed by atoms with Crippen molar-refractivity contribution in [3.8, 4) is 0 Å². The number of hydrogen-bond donors (Lipinski definition) is 1. The number of methoxy groups -OCH3 is 2. The van der Waals surface area contributed by atoms with E-state index in [2.05, 4.69) is 37.0 Å². The van der Waals surface area contributed by atoms with E-state index < -0.39 is 17.4 Å². The maximum atomic E-state index is 12.4. The number of halogens is 1. The molecule has 0 atom stereocenters. The van der Waals surface area contributed by atoms with Crippen LogP contribution in [0.4, 0.5) is 0 Å². The van der Waals surface area contributed by atoms with Crippen molar-refractivity contribution in [3.63, 3.8) is 0 Å². The molecule has 0 spiro atoms. The lowest BCUT2D eigenvalue weighted by atomic mass is 10.1. The fraction of sp³-hybridized carbons (Fsp3) is 0.154. The standard InChI is InChI=1S/C13H10INO5/c1-19-12(17)9-10(13(18)20-2)15-8-4-3-6(14)5-7(8)11(9)16/h3-5H,1-2H3,(H,15,16). The molecule has 0 radical (unpaired) electrons. The number of esters is 2. The molecule has 0 fully saturated rings. The number of aromatic amines is 1. The van der Waals surface area contributed by atoms with Crippen molar-refractivity contribution >= 4 is 45.4 Å². The van der Waals surface area contributed by atoms with Crippen molar-refractivity contribution in [2.75, 3.05) is 14.2 Å². The number of H-pyrrole nitrogens is 1. The van der Waals surface area contributed by atoms with Gasteiger partial charge in [-0.2, -0.15) is 0 Å². The first-order chi connectivity index (χ1) is 9.49. The molecule has 20 heavy (non-hydrogen) atoms. The van der Waals surface area contributed by atoms with E-state index in [9.17, 15) is 14.4 Å². The van der Waals surface area contributed by atoms with Gasteiger partial charge in [-0.15, -0.1) is 0 Å². The van der Waals surface area contributed by atoms with Crippen molar-refractivity contribution < 1.29 is 19.1 Å². The average molecular weight is 387 g/mol. The van der Waals surface area contributed by atoms with Gasteiger partial charge < -0.3 is 14.5 Å². The number of fused-ring (bicyclic) bond motifs is 1. The van der Waals surface area contributed by atoms with Crippen LogP contribution in [0.1, 0.15) is 20.8 Å². The highest BCUT2D eigenvalue weighted by molar-refractivity contribution is 14.1. The summed E-state index contributed by atoms with van der Waals surface area (Å²) in [5, 5.41) is 0.310. The van der Waals surface area contributed by atoms with Gasteiger partial charge in [0.05, 0.1) is 19.7 Å². The zero-order valence-electron chi connectivity index (χ0n) is 10.7. The van der Waals surface area contributed by atoms with Gasteiger partial charge in [0.2, 0.25) is 5.43 Å². The maximum absolute atomic E-state index is 12.4. The topological polar surface area (TPSA) is 85.5 Å². The van der Waals surface area contributed by atoms with Crippen LogP contribution in [0.25, 0.3) is 10.9 Å². The zero-order chi connectivity index (χ0) is 14.9. The summed E-state index contributed by atoms with van der Waals surface area (Å²) in [5.74, 6) is -1.68. The second kappa shape index (κ2) is 5.61. The van der Waals surface area contributed by atoms with Crippen LogP contribution in [0, 0.1) is 3.57 Å². The van der Waals surface area contributed by atoms with Gasteiger partial charge >= 0.3 is 11.9 Å². The quantitative estimate of drug-likeness (QED) is 0.627. The molecule has 1 heterocycles. The van der Waals surface area contributed by atoms with Crippen LogP contribution in [-0.2, 0) is 9.47 Å². The second-order valence-corrected chi connectivity index (χ2v) is 5.12. The number of ether oxygens (including phenoxy) is 2. The molecule has 1 aromatic heterocycles. The van der Waals surface area contributed by atoms with Gasteiger partial charge in [-0.25, -0.2) is 9.59 Å². The van der Waals surface area contributed by atoms with E-state index in [0.29, 0.717) is 10.9 Å². The minimum Gasteiger partial charge on any atom is -0.465 e. The van der Waals surface area contributed by atoms with E-state index in [4.69, 9.17) is 0 Å². The van der Waals surface area contributed by atoms with E-state index in [1.54, 1.807) is 18.2 Å². The van der Waals surface area contributed by atoms with Crippen LogP contribution < -0.4 is 5.43 Å². The van der Waals surface area contributed by atoms with Crippen LogP contribution in [0.5, 0.6) is 0 Å². The molecule has 0 saturated carbocycles. The molecule has 1 N–H and O–H groups in total. The highest BCUT2D eigenvalue weighted by Gasteiger charge is 2.24. The molecule has 0 bridgehead atoms. The molecule has 104 valence electrons. The van der Waals surface area contributed by atoms with Crippen molar-refractivity contribution in [1.82, 2.24) is 4.98 Å². The van der Waals surface area contributed by atoms with Crippen LogP contribution in [0.2, 0.25) is 0 Å². The number of benzene rings is 1. The fourth-order valence-corrected chi connectivity index (χ4v) is 2.30. The van der Waals surface area contributed by atoms with E-state index in [1.807, 2.05) is 0 Å². The Morgan fingerprint density at radius 1 is 1.15 bits per heavy atom. The lowest BCUT2D eigenvalue weighted by Crippen LogP contribution is -2.24. The smallest absolute Gasteiger partial charge is 0.355 e. The second-order valence-electron chi connectivity index (χ2n) is 3.88. The predicted octanol–water partition coefficient (Wildman–Crippen LogP) is 1.71. The number of pyridine rings is 1. The van der Waals surface area contributed by atoms with E-state index in [-0.39, 0.29) is 11.3 Å². The molecule has 0 saturated heterocycles. The molecule has 0 amide bonds. The third-order valence-corrected chi connectivity index (χ3v) is 3.41. The van der Waals surface area contributed by atoms with Crippen molar-refractivity contribution in [2.24, 2.45) is 0 Å². The SMILES string of the molecule is COC(=O)c1[nH]c2ccc(I)cc2c(=O)c1C(=O)OC. The number of carbonyl (C=O) groups is 2. The van der Waals surface area contributed by atoms with Gasteiger partial charge in [0, 0.05) is 8.96 Å². The van der Waals surface area contributed by atoms with Crippen molar-refractivity contribution in [3.05, 3.63) is 43.2 Å². The summed E-state index contributed by atoms with van der Waals surface area (Å²) in [5.41, 5.74) is -0.681. The normalized spacial score (nSPS) is 10.3. The Morgan fingerprint density at radius 2 is 1.80 bits per heavy atom. The molecular weight excluding hydrogens is 377 g/mol. The van der Waals surface area contributed by atoms with E-state index in [1.165, 1.54) is 7.11 Å². The summed E-state index contributed by atoms with van der Waals surface area (Å²) in [6, 6.07) is 5.06. The van der Waals surface area contributed by atoms with E-state index in [0.717, 1.165) is 10.7 Å². The Bertz CT molecular complexity index is 765. The summed E-state index contributed by atoms with van der Waals surface area (Å²) in [6.45, 7) is 0. The minimum atomic E-state index is -0.882. The van der Waals surface area contributed by atoms with Crippen LogP contribution >= 0.6 is 22.6 Å². The van der Waals surface area contributed by atoms with Gasteiger partial charge in [-0.3, -0.25) is 4.79 Å². The number of rotatable bonds is 2. The summed E-state index contributed by atoms with van der Waals surface area (Å²) in [7, 11) is 2.31. The fourth-order valence-electron chi connectivity index (χ4n) is 1.81. The van der Waals surface area contributed by atoms with Gasteiger partial charge in [-0.1, -0.05) is 0 Å². The minimum absolute atomic E-state index is 0.210. The third-order valence-electron chi connectivity index (χ3n) is 2.74. The highest BCUT2D eigenvalue weighted by Crippen LogP contribution is 2.16. The summed E-state index contributed by atoms with van der Waals surface area (Å²) < 4.78 is 9.98. The number of carbonyl (C=O) groups excluding carboxylic acids is 2. The molecule has 0 aliphatic heterocycles. The molecule has 0 aliphatic carbocycles. The molecule has 2 aromatic rings. The summed E-state index contributed by atoms with van der Waals surface area (Å²) in [6.07, 6.45) is 0. The number of nitrogens with one attached hydrogen (secondary N) is 1. The third kappa shape index (κ3) is 2.40. The molecule has 0 aliphatic rings.